The third-order valence-electron chi connectivity index (χ3n) is 3.59. The Kier molecular flexibility index (Phi) is 6.18. The molecule has 2 nitrogen and oxygen atoms in total. The Bertz CT molecular complexity index is 449. The average molecular weight is 288 g/mol. The highest BCUT2D eigenvalue weighted by molar-refractivity contribution is 5.27. The van der Waals surface area contributed by atoms with Crippen LogP contribution in [0.1, 0.15) is 52.7 Å². The van der Waals surface area contributed by atoms with E-state index < -0.39 is 0 Å². The van der Waals surface area contributed by atoms with Gasteiger partial charge in [0.15, 0.2) is 0 Å². The summed E-state index contributed by atoms with van der Waals surface area (Å²) in [6, 6.07) is 8.72. The highest BCUT2D eigenvalue weighted by atomic mass is 15.2. The first-order chi connectivity index (χ1) is 9.63. The molecule has 118 valence electrons. The summed E-state index contributed by atoms with van der Waals surface area (Å²) >= 11 is 0. The van der Waals surface area contributed by atoms with Crippen LogP contribution in [0, 0.1) is 0 Å². The number of rotatable bonds is 6. The summed E-state index contributed by atoms with van der Waals surface area (Å²) in [7, 11) is 0. The third kappa shape index (κ3) is 6.45. The molecule has 1 aromatic rings. The van der Waals surface area contributed by atoms with Crippen molar-refractivity contribution in [2.24, 2.45) is 0 Å². The van der Waals surface area contributed by atoms with E-state index in [2.05, 4.69) is 82.6 Å². The van der Waals surface area contributed by atoms with E-state index in [9.17, 15) is 0 Å². The second-order valence-electron chi connectivity index (χ2n) is 7.71. The quantitative estimate of drug-likeness (QED) is 0.782. The van der Waals surface area contributed by atoms with Crippen molar-refractivity contribution in [3.05, 3.63) is 48.0 Å². The molecule has 0 radical (unpaired) electrons. The maximum Gasteiger partial charge on any atom is 0.0245 e. The molecule has 21 heavy (non-hydrogen) atoms. The van der Waals surface area contributed by atoms with Crippen molar-refractivity contribution < 1.29 is 0 Å². The minimum atomic E-state index is 0.137. The van der Waals surface area contributed by atoms with E-state index in [0.29, 0.717) is 0 Å². The van der Waals surface area contributed by atoms with E-state index in [0.717, 1.165) is 19.6 Å². The lowest BCUT2D eigenvalue weighted by atomic mass is 10.0. The van der Waals surface area contributed by atoms with Crippen molar-refractivity contribution in [2.75, 3.05) is 6.54 Å². The summed E-state index contributed by atoms with van der Waals surface area (Å²) in [5.74, 6) is 0. The molecular formula is C19H32N2. The molecule has 0 atom stereocenters. The summed E-state index contributed by atoms with van der Waals surface area (Å²) in [6.07, 6.45) is 1.99. The molecule has 0 spiro atoms. The van der Waals surface area contributed by atoms with E-state index in [1.807, 2.05) is 6.08 Å². The van der Waals surface area contributed by atoms with Gasteiger partial charge in [-0.1, -0.05) is 30.3 Å². The minimum Gasteiger partial charge on any atom is -0.308 e. The van der Waals surface area contributed by atoms with Crippen LogP contribution in [0.3, 0.4) is 0 Å². The van der Waals surface area contributed by atoms with Crippen LogP contribution in [0.5, 0.6) is 0 Å². The second kappa shape index (κ2) is 7.24. The van der Waals surface area contributed by atoms with Crippen LogP contribution in [0.25, 0.3) is 0 Å². The van der Waals surface area contributed by atoms with Crippen LogP contribution >= 0.6 is 0 Å². The first kappa shape index (κ1) is 17.9. The number of nitrogens with one attached hydrogen (secondary N) is 1. The molecule has 0 fully saturated rings. The van der Waals surface area contributed by atoms with Gasteiger partial charge in [0.2, 0.25) is 0 Å². The zero-order valence-corrected chi connectivity index (χ0v) is 14.7. The van der Waals surface area contributed by atoms with Crippen molar-refractivity contribution >= 4 is 0 Å². The van der Waals surface area contributed by atoms with E-state index in [4.69, 9.17) is 0 Å². The zero-order valence-electron chi connectivity index (χ0n) is 14.7. The normalized spacial score (nSPS) is 12.7. The lowest BCUT2D eigenvalue weighted by molar-refractivity contribution is 0.145. The fraction of sp³-hybridized carbons (Fsp3) is 0.579. The Labute approximate surface area is 131 Å². The topological polar surface area (TPSA) is 15.3 Å². The molecule has 0 bridgehead atoms. The summed E-state index contributed by atoms with van der Waals surface area (Å²) < 4.78 is 0. The molecule has 0 aromatic heterocycles. The highest BCUT2D eigenvalue weighted by Crippen LogP contribution is 2.20. The van der Waals surface area contributed by atoms with Gasteiger partial charge in [0.25, 0.3) is 0 Å². The van der Waals surface area contributed by atoms with Gasteiger partial charge in [-0.15, -0.1) is 6.58 Å². The van der Waals surface area contributed by atoms with Gasteiger partial charge in [-0.05, 0) is 52.7 Å². The van der Waals surface area contributed by atoms with Crippen molar-refractivity contribution in [1.82, 2.24) is 10.2 Å². The van der Waals surface area contributed by atoms with Gasteiger partial charge in [-0.3, -0.25) is 4.90 Å². The van der Waals surface area contributed by atoms with Gasteiger partial charge in [0.1, 0.15) is 0 Å². The van der Waals surface area contributed by atoms with Gasteiger partial charge in [-0.2, -0.15) is 0 Å². The van der Waals surface area contributed by atoms with Gasteiger partial charge in [0, 0.05) is 30.7 Å². The van der Waals surface area contributed by atoms with E-state index >= 15 is 0 Å². The zero-order chi connectivity index (χ0) is 16.1. The summed E-state index contributed by atoms with van der Waals surface area (Å²) in [5.41, 5.74) is 3.05. The molecule has 0 unspecified atom stereocenters. The van der Waals surface area contributed by atoms with Gasteiger partial charge >= 0.3 is 0 Å². The fourth-order valence-electron chi connectivity index (χ4n) is 2.18. The number of hydrogen-bond acceptors (Lipinski definition) is 2. The van der Waals surface area contributed by atoms with Gasteiger partial charge in [-0.25, -0.2) is 0 Å². The van der Waals surface area contributed by atoms with Gasteiger partial charge < -0.3 is 5.32 Å². The fourth-order valence-corrected chi connectivity index (χ4v) is 2.18. The molecule has 2 heteroatoms. The lowest BCUT2D eigenvalue weighted by Crippen LogP contribution is -2.41. The molecule has 1 rings (SSSR count). The van der Waals surface area contributed by atoms with E-state index in [-0.39, 0.29) is 11.1 Å². The molecule has 0 aliphatic heterocycles. The lowest BCUT2D eigenvalue weighted by Gasteiger charge is -2.35. The third-order valence-corrected chi connectivity index (χ3v) is 3.59. The maximum absolute atomic E-state index is 3.89. The van der Waals surface area contributed by atoms with Crippen molar-refractivity contribution in [3.63, 3.8) is 0 Å². The molecular weight excluding hydrogens is 256 g/mol. The van der Waals surface area contributed by atoms with Crippen LogP contribution in [-0.2, 0) is 13.1 Å². The Balaban J connectivity index is 2.89. The predicted molar refractivity (Wildman–Crippen MR) is 93.4 cm³/mol. The Hall–Kier alpha value is -1.12. The largest absolute Gasteiger partial charge is 0.308 e. The first-order valence-corrected chi connectivity index (χ1v) is 7.81. The molecule has 1 N–H and O–H groups in total. The predicted octanol–water partition coefficient (Wildman–Crippen LogP) is 4.36. The minimum absolute atomic E-state index is 0.137. The van der Waals surface area contributed by atoms with Crippen LogP contribution in [0.2, 0.25) is 0 Å². The number of hydrogen-bond donors (Lipinski definition) is 1. The molecule has 0 amide bonds. The van der Waals surface area contributed by atoms with E-state index in [1.165, 1.54) is 11.1 Å². The standard InChI is InChI=1S/C19H32N2/c1-8-13-21(19(5,6)7)15-17-12-10-9-11-16(17)14-20-18(2,3)4/h8-12,20H,1,13-15H2,2-7H3. The molecule has 0 heterocycles. The number of nitrogens with zero attached hydrogens (tertiary/aromatic N) is 1. The molecule has 0 saturated heterocycles. The van der Waals surface area contributed by atoms with E-state index in [1.54, 1.807) is 0 Å². The summed E-state index contributed by atoms with van der Waals surface area (Å²) in [6.45, 7) is 20.0. The van der Waals surface area contributed by atoms with Crippen molar-refractivity contribution in [1.29, 1.82) is 0 Å². The number of benzene rings is 1. The Morgan fingerprint density at radius 1 is 1.05 bits per heavy atom. The maximum atomic E-state index is 3.89. The van der Waals surface area contributed by atoms with Crippen LogP contribution in [0.4, 0.5) is 0 Å². The Morgan fingerprint density at radius 3 is 2.10 bits per heavy atom. The average Bonchev–Trinajstić information content (AvgIpc) is 2.35. The smallest absolute Gasteiger partial charge is 0.0245 e. The van der Waals surface area contributed by atoms with Crippen molar-refractivity contribution in [3.8, 4) is 0 Å². The molecule has 0 saturated carbocycles. The van der Waals surface area contributed by atoms with Crippen molar-refractivity contribution in [2.45, 2.75) is 65.7 Å². The first-order valence-electron chi connectivity index (χ1n) is 7.81. The summed E-state index contributed by atoms with van der Waals surface area (Å²) in [4.78, 5) is 2.45. The van der Waals surface area contributed by atoms with Crippen LogP contribution in [-0.4, -0.2) is 22.5 Å². The van der Waals surface area contributed by atoms with Gasteiger partial charge in [0.05, 0.1) is 0 Å². The molecule has 1 aromatic carbocycles. The monoisotopic (exact) mass is 288 g/mol. The molecule has 0 aliphatic rings. The molecule has 0 aliphatic carbocycles. The van der Waals surface area contributed by atoms with Crippen LogP contribution < -0.4 is 5.32 Å². The highest BCUT2D eigenvalue weighted by Gasteiger charge is 2.21. The Morgan fingerprint density at radius 2 is 1.62 bits per heavy atom. The second-order valence-corrected chi connectivity index (χ2v) is 7.71. The van der Waals surface area contributed by atoms with Crippen LogP contribution in [0.15, 0.2) is 36.9 Å². The SMILES string of the molecule is C=CCN(Cc1ccccc1CNC(C)(C)C)C(C)(C)C. The summed E-state index contributed by atoms with van der Waals surface area (Å²) in [5, 5.41) is 3.58.